The molecule has 0 radical (unpaired) electrons. The molecule has 0 spiro atoms. The van der Waals surface area contributed by atoms with Gasteiger partial charge in [-0.2, -0.15) is 16.9 Å². The maximum atomic E-state index is 12.3. The molecule has 1 atom stereocenters. The number of aryl methyl sites for hydroxylation is 1. The van der Waals surface area contributed by atoms with Gasteiger partial charge in [-0.25, -0.2) is 13.1 Å². The van der Waals surface area contributed by atoms with E-state index in [0.717, 1.165) is 17.9 Å². The average molecular weight is 304 g/mol. The predicted molar refractivity (Wildman–Crippen MR) is 76.8 cm³/mol. The minimum Gasteiger partial charge on any atom is -0.316 e. The quantitative estimate of drug-likeness (QED) is 0.717. The molecule has 0 bridgehead atoms. The summed E-state index contributed by atoms with van der Waals surface area (Å²) >= 11 is 1.83. The van der Waals surface area contributed by atoms with E-state index < -0.39 is 10.0 Å². The van der Waals surface area contributed by atoms with Crippen molar-refractivity contribution in [3.05, 3.63) is 11.3 Å². The number of aromatic nitrogens is 2. The van der Waals surface area contributed by atoms with Crippen molar-refractivity contribution in [1.82, 2.24) is 20.2 Å². The van der Waals surface area contributed by atoms with Crippen molar-refractivity contribution in [2.75, 3.05) is 19.3 Å². The van der Waals surface area contributed by atoms with E-state index in [-0.39, 0.29) is 5.03 Å². The Morgan fingerprint density at radius 1 is 1.53 bits per heavy atom. The third kappa shape index (κ3) is 3.50. The summed E-state index contributed by atoms with van der Waals surface area (Å²) in [6.07, 6.45) is 2.25. The Kier molecular flexibility index (Phi) is 4.88. The zero-order valence-corrected chi connectivity index (χ0v) is 12.8. The van der Waals surface area contributed by atoms with E-state index in [2.05, 4.69) is 20.2 Å². The molecule has 3 N–H and O–H groups in total. The molecule has 2 heterocycles. The minimum absolute atomic E-state index is 0.113. The lowest BCUT2D eigenvalue weighted by Crippen LogP contribution is -2.31. The summed E-state index contributed by atoms with van der Waals surface area (Å²) in [7, 11) is -1.74. The SMILES string of the molecule is CNCc1c(S(=O)(=O)NCC2CCCS2)n[nH]c1C. The van der Waals surface area contributed by atoms with Crippen LogP contribution in [-0.2, 0) is 16.6 Å². The number of rotatable bonds is 6. The number of nitrogens with zero attached hydrogens (tertiary/aromatic N) is 1. The second kappa shape index (κ2) is 6.25. The summed E-state index contributed by atoms with van der Waals surface area (Å²) in [6, 6.07) is 0. The van der Waals surface area contributed by atoms with Crippen LogP contribution in [0.25, 0.3) is 0 Å². The van der Waals surface area contributed by atoms with Crippen LogP contribution in [0.3, 0.4) is 0 Å². The molecule has 6 nitrogen and oxygen atoms in total. The maximum absolute atomic E-state index is 12.3. The molecule has 1 unspecified atom stereocenters. The van der Waals surface area contributed by atoms with Gasteiger partial charge in [0.1, 0.15) is 0 Å². The molecule has 1 aliphatic heterocycles. The molecule has 1 aromatic heterocycles. The highest BCUT2D eigenvalue weighted by Crippen LogP contribution is 2.26. The first-order valence-corrected chi connectivity index (χ1v) is 8.87. The highest BCUT2D eigenvalue weighted by atomic mass is 32.2. The monoisotopic (exact) mass is 304 g/mol. The van der Waals surface area contributed by atoms with E-state index in [4.69, 9.17) is 0 Å². The van der Waals surface area contributed by atoms with Gasteiger partial charge in [-0.05, 0) is 32.6 Å². The van der Waals surface area contributed by atoms with Gasteiger partial charge in [0.15, 0.2) is 5.03 Å². The van der Waals surface area contributed by atoms with Crippen molar-refractivity contribution in [1.29, 1.82) is 0 Å². The highest BCUT2D eigenvalue weighted by Gasteiger charge is 2.25. The van der Waals surface area contributed by atoms with E-state index in [1.54, 1.807) is 7.05 Å². The Morgan fingerprint density at radius 2 is 2.32 bits per heavy atom. The molecule has 1 saturated heterocycles. The lowest BCUT2D eigenvalue weighted by atomic mass is 10.2. The number of sulfonamides is 1. The molecule has 19 heavy (non-hydrogen) atoms. The van der Waals surface area contributed by atoms with Crippen molar-refractivity contribution >= 4 is 21.8 Å². The number of H-pyrrole nitrogens is 1. The molecule has 0 saturated carbocycles. The number of nitrogens with one attached hydrogen (secondary N) is 3. The molecule has 1 aliphatic rings. The van der Waals surface area contributed by atoms with Crippen molar-refractivity contribution in [2.24, 2.45) is 0 Å². The first-order chi connectivity index (χ1) is 9.04. The van der Waals surface area contributed by atoms with Crippen molar-refractivity contribution in [2.45, 2.75) is 36.6 Å². The van der Waals surface area contributed by atoms with Crippen molar-refractivity contribution in [3.63, 3.8) is 0 Å². The molecular formula is C11H20N4O2S2. The first-order valence-electron chi connectivity index (χ1n) is 6.34. The fourth-order valence-electron chi connectivity index (χ4n) is 2.11. The smallest absolute Gasteiger partial charge is 0.260 e. The Balaban J connectivity index is 2.10. The zero-order chi connectivity index (χ0) is 13.9. The molecule has 1 fully saturated rings. The number of thioether (sulfide) groups is 1. The van der Waals surface area contributed by atoms with Gasteiger partial charge in [0.2, 0.25) is 0 Å². The van der Waals surface area contributed by atoms with Crippen LogP contribution in [0.2, 0.25) is 0 Å². The summed E-state index contributed by atoms with van der Waals surface area (Å²) in [5.41, 5.74) is 1.49. The molecule has 2 rings (SSSR count). The van der Waals surface area contributed by atoms with E-state index >= 15 is 0 Å². The summed E-state index contributed by atoms with van der Waals surface area (Å²) in [6.45, 7) is 2.79. The summed E-state index contributed by atoms with van der Waals surface area (Å²) in [5, 5.41) is 10.1. The number of hydrogen-bond donors (Lipinski definition) is 3. The zero-order valence-electron chi connectivity index (χ0n) is 11.2. The minimum atomic E-state index is -3.53. The molecular weight excluding hydrogens is 284 g/mol. The van der Waals surface area contributed by atoms with E-state index in [9.17, 15) is 8.42 Å². The van der Waals surface area contributed by atoms with Crippen LogP contribution >= 0.6 is 11.8 Å². The molecule has 0 amide bonds. The Labute approximate surface area is 118 Å². The molecule has 108 valence electrons. The fourth-order valence-corrected chi connectivity index (χ4v) is 4.69. The van der Waals surface area contributed by atoms with Gasteiger partial charge >= 0.3 is 0 Å². The van der Waals surface area contributed by atoms with Gasteiger partial charge in [-0.1, -0.05) is 0 Å². The second-order valence-corrected chi connectivity index (χ2v) is 7.74. The van der Waals surface area contributed by atoms with E-state index in [1.165, 1.54) is 6.42 Å². The lowest BCUT2D eigenvalue weighted by Gasteiger charge is -2.10. The molecule has 0 aromatic carbocycles. The third-order valence-corrected chi connectivity index (χ3v) is 5.96. The second-order valence-electron chi connectivity index (χ2n) is 4.65. The van der Waals surface area contributed by atoms with Crippen LogP contribution < -0.4 is 10.0 Å². The Hall–Kier alpha value is -0.570. The first kappa shape index (κ1) is 14.8. The predicted octanol–water partition coefficient (Wildman–Crippen LogP) is 0.611. The maximum Gasteiger partial charge on any atom is 0.260 e. The molecule has 8 heteroatoms. The van der Waals surface area contributed by atoms with Gasteiger partial charge < -0.3 is 5.32 Å². The normalized spacial score (nSPS) is 20.0. The fraction of sp³-hybridized carbons (Fsp3) is 0.727. The van der Waals surface area contributed by atoms with Gasteiger partial charge in [0, 0.05) is 29.6 Å². The van der Waals surface area contributed by atoms with E-state index in [0.29, 0.717) is 23.9 Å². The molecule has 1 aromatic rings. The number of hydrogen-bond acceptors (Lipinski definition) is 5. The van der Waals surface area contributed by atoms with Crippen LogP contribution in [0.4, 0.5) is 0 Å². The van der Waals surface area contributed by atoms with Crippen LogP contribution in [0, 0.1) is 6.92 Å². The Bertz CT molecular complexity index is 521. The van der Waals surface area contributed by atoms with Crippen molar-refractivity contribution < 1.29 is 8.42 Å². The van der Waals surface area contributed by atoms with Crippen LogP contribution in [-0.4, -0.2) is 43.2 Å². The third-order valence-electron chi connectivity index (χ3n) is 3.17. The summed E-state index contributed by atoms with van der Waals surface area (Å²) < 4.78 is 27.2. The number of aromatic amines is 1. The summed E-state index contributed by atoms with van der Waals surface area (Å²) in [4.78, 5) is 0. The Morgan fingerprint density at radius 3 is 2.95 bits per heavy atom. The lowest BCUT2D eigenvalue weighted by molar-refractivity contribution is 0.572. The van der Waals surface area contributed by atoms with Gasteiger partial charge in [-0.3, -0.25) is 5.10 Å². The average Bonchev–Trinajstić information content (AvgIpc) is 2.99. The van der Waals surface area contributed by atoms with Crippen LogP contribution in [0.5, 0.6) is 0 Å². The summed E-state index contributed by atoms with van der Waals surface area (Å²) in [5.74, 6) is 1.12. The van der Waals surface area contributed by atoms with Gasteiger partial charge in [-0.15, -0.1) is 0 Å². The van der Waals surface area contributed by atoms with E-state index in [1.807, 2.05) is 18.7 Å². The van der Waals surface area contributed by atoms with Gasteiger partial charge in [0.05, 0.1) is 0 Å². The largest absolute Gasteiger partial charge is 0.316 e. The standard InChI is InChI=1S/C11H20N4O2S2/c1-8-10(7-12-2)11(15-14-8)19(16,17)13-6-9-4-3-5-18-9/h9,12-13H,3-7H2,1-2H3,(H,14,15). The van der Waals surface area contributed by atoms with Crippen LogP contribution in [0.1, 0.15) is 24.1 Å². The topological polar surface area (TPSA) is 86.9 Å². The van der Waals surface area contributed by atoms with Gasteiger partial charge in [0.25, 0.3) is 10.0 Å². The van der Waals surface area contributed by atoms with Crippen LogP contribution in [0.15, 0.2) is 5.03 Å². The van der Waals surface area contributed by atoms with Crippen molar-refractivity contribution in [3.8, 4) is 0 Å². The molecule has 0 aliphatic carbocycles. The highest BCUT2D eigenvalue weighted by molar-refractivity contribution is 8.00.